The smallest absolute Gasteiger partial charge is 0.0743 e. The van der Waals surface area contributed by atoms with E-state index in [1.165, 1.54) is 43.1 Å². The molecule has 1 spiro atoms. The van der Waals surface area contributed by atoms with Crippen molar-refractivity contribution in [3.8, 4) is 20.9 Å². The predicted octanol–water partition coefficient (Wildman–Crippen LogP) is 7.68. The first kappa shape index (κ1) is 14.9. The van der Waals surface area contributed by atoms with Gasteiger partial charge in [-0.1, -0.05) is 44.0 Å². The highest BCUT2D eigenvalue weighted by molar-refractivity contribution is 9.10. The summed E-state index contributed by atoms with van der Waals surface area (Å²) in [5.41, 5.74) is 8.19. The summed E-state index contributed by atoms with van der Waals surface area (Å²) in [4.78, 5) is 2.87. The SMILES string of the molecule is Brc1ccc2c(c1)C1(c3cc(Br)ccc3-2)c2ccsc2-c2sccc21. The van der Waals surface area contributed by atoms with Gasteiger partial charge in [-0.2, -0.15) is 0 Å². The molecule has 0 aliphatic heterocycles. The van der Waals surface area contributed by atoms with E-state index in [9.17, 15) is 0 Å². The highest BCUT2D eigenvalue weighted by Crippen LogP contribution is 2.65. The maximum atomic E-state index is 3.71. The topological polar surface area (TPSA) is 0 Å². The first-order valence-corrected chi connectivity index (χ1v) is 11.3. The maximum Gasteiger partial charge on any atom is 0.0743 e. The molecule has 0 bridgehead atoms. The van der Waals surface area contributed by atoms with Crippen molar-refractivity contribution < 1.29 is 0 Å². The van der Waals surface area contributed by atoms with E-state index in [0.717, 1.165) is 8.95 Å². The van der Waals surface area contributed by atoms with E-state index in [2.05, 4.69) is 91.2 Å². The van der Waals surface area contributed by atoms with Crippen LogP contribution in [0.4, 0.5) is 0 Å². The van der Waals surface area contributed by atoms with E-state index < -0.39 is 0 Å². The van der Waals surface area contributed by atoms with Crippen LogP contribution in [0, 0.1) is 0 Å². The van der Waals surface area contributed by atoms with E-state index in [4.69, 9.17) is 0 Å². The Bertz CT molecular complexity index is 1090. The van der Waals surface area contributed by atoms with E-state index in [-0.39, 0.29) is 5.41 Å². The zero-order valence-electron chi connectivity index (χ0n) is 12.8. The lowest BCUT2D eigenvalue weighted by Crippen LogP contribution is -2.25. The molecule has 120 valence electrons. The van der Waals surface area contributed by atoms with E-state index >= 15 is 0 Å². The fourth-order valence-corrected chi connectivity index (χ4v) is 7.38. The number of hydrogen-bond donors (Lipinski definition) is 0. The Labute approximate surface area is 170 Å². The summed E-state index contributed by atoms with van der Waals surface area (Å²) in [6, 6.07) is 18.1. The Kier molecular flexibility index (Phi) is 2.95. The molecule has 0 unspecified atom stereocenters. The molecule has 25 heavy (non-hydrogen) atoms. The first-order chi connectivity index (χ1) is 12.2. The van der Waals surface area contributed by atoms with Gasteiger partial charge >= 0.3 is 0 Å². The standard InChI is InChI=1S/C21H10Br2S2/c22-11-1-3-13-14-4-2-12(23)10-18(14)21(17(13)9-11)15-5-7-24-19(15)20-16(21)6-8-25-20/h1-10H. The van der Waals surface area contributed by atoms with Gasteiger partial charge in [-0.15, -0.1) is 22.7 Å². The maximum absolute atomic E-state index is 3.71. The van der Waals surface area contributed by atoms with E-state index in [1.807, 2.05) is 22.7 Å². The summed E-state index contributed by atoms with van der Waals surface area (Å²) in [7, 11) is 0. The second-order valence-electron chi connectivity index (χ2n) is 6.46. The molecule has 2 aliphatic carbocycles. The summed E-state index contributed by atoms with van der Waals surface area (Å²) >= 11 is 11.2. The molecular formula is C21H10Br2S2. The van der Waals surface area contributed by atoms with Gasteiger partial charge in [0.05, 0.1) is 5.41 Å². The molecule has 2 aromatic carbocycles. The highest BCUT2D eigenvalue weighted by Gasteiger charge is 2.52. The molecule has 6 rings (SSSR count). The number of fused-ring (bicyclic) bond motifs is 10. The summed E-state index contributed by atoms with van der Waals surface area (Å²) in [6.07, 6.45) is 0. The third-order valence-electron chi connectivity index (χ3n) is 5.41. The molecule has 4 aromatic rings. The van der Waals surface area contributed by atoms with Crippen LogP contribution in [0.3, 0.4) is 0 Å². The lowest BCUT2D eigenvalue weighted by Gasteiger charge is -2.29. The molecule has 0 N–H and O–H groups in total. The zero-order chi connectivity index (χ0) is 16.8. The van der Waals surface area contributed by atoms with Crippen molar-refractivity contribution in [2.24, 2.45) is 0 Å². The number of rotatable bonds is 0. The van der Waals surface area contributed by atoms with Gasteiger partial charge in [0.15, 0.2) is 0 Å². The van der Waals surface area contributed by atoms with Crippen molar-refractivity contribution in [2.75, 3.05) is 0 Å². The van der Waals surface area contributed by atoms with Crippen molar-refractivity contribution in [1.82, 2.24) is 0 Å². The minimum atomic E-state index is -0.178. The van der Waals surface area contributed by atoms with Gasteiger partial charge in [-0.05, 0) is 80.5 Å². The largest absolute Gasteiger partial charge is 0.143 e. The lowest BCUT2D eigenvalue weighted by atomic mass is 9.71. The fraction of sp³-hybridized carbons (Fsp3) is 0.0476. The third-order valence-corrected chi connectivity index (χ3v) is 8.39. The monoisotopic (exact) mass is 484 g/mol. The fourth-order valence-electron chi connectivity index (χ4n) is 4.55. The highest BCUT2D eigenvalue weighted by atomic mass is 79.9. The van der Waals surface area contributed by atoms with Gasteiger partial charge in [0.2, 0.25) is 0 Å². The van der Waals surface area contributed by atoms with Crippen LogP contribution in [0.15, 0.2) is 68.2 Å². The Hall–Kier alpha value is -1.20. The van der Waals surface area contributed by atoms with Crippen LogP contribution >= 0.6 is 54.5 Å². The minimum absolute atomic E-state index is 0.178. The average molecular weight is 486 g/mol. The third kappa shape index (κ3) is 1.67. The van der Waals surface area contributed by atoms with Gasteiger partial charge in [0, 0.05) is 18.7 Å². The summed E-state index contributed by atoms with van der Waals surface area (Å²) in [5, 5.41) is 4.48. The summed E-state index contributed by atoms with van der Waals surface area (Å²) in [5.74, 6) is 0. The van der Waals surface area contributed by atoms with Gasteiger partial charge in [0.25, 0.3) is 0 Å². The van der Waals surface area contributed by atoms with Crippen molar-refractivity contribution in [3.63, 3.8) is 0 Å². The van der Waals surface area contributed by atoms with Crippen LogP contribution in [0.5, 0.6) is 0 Å². The molecule has 0 fully saturated rings. The lowest BCUT2D eigenvalue weighted by molar-refractivity contribution is 0.796. The summed E-state index contributed by atoms with van der Waals surface area (Å²) in [6.45, 7) is 0. The molecule has 2 aliphatic rings. The molecule has 0 radical (unpaired) electrons. The molecule has 0 amide bonds. The normalized spacial score (nSPS) is 15.1. The van der Waals surface area contributed by atoms with Crippen molar-refractivity contribution in [2.45, 2.75) is 5.41 Å². The molecule has 4 heteroatoms. The Morgan fingerprint density at radius 2 is 1.08 bits per heavy atom. The number of thiophene rings is 2. The molecular weight excluding hydrogens is 476 g/mol. The molecule has 0 atom stereocenters. The predicted molar refractivity (Wildman–Crippen MR) is 114 cm³/mol. The van der Waals surface area contributed by atoms with E-state index in [1.54, 1.807) is 0 Å². The van der Waals surface area contributed by atoms with Crippen molar-refractivity contribution in [1.29, 1.82) is 0 Å². The Morgan fingerprint density at radius 1 is 0.600 bits per heavy atom. The molecule has 2 aromatic heterocycles. The second-order valence-corrected chi connectivity index (χ2v) is 10.1. The Balaban J connectivity index is 1.87. The molecule has 0 nitrogen and oxygen atoms in total. The molecule has 0 saturated heterocycles. The number of halogens is 2. The second kappa shape index (κ2) is 4.95. The zero-order valence-corrected chi connectivity index (χ0v) is 17.7. The van der Waals surface area contributed by atoms with Crippen LogP contribution in [0.2, 0.25) is 0 Å². The average Bonchev–Trinajstić information content (AvgIpc) is 3.32. The van der Waals surface area contributed by atoms with Crippen LogP contribution in [0.25, 0.3) is 20.9 Å². The Morgan fingerprint density at radius 3 is 1.56 bits per heavy atom. The molecule has 0 saturated carbocycles. The van der Waals surface area contributed by atoms with Crippen LogP contribution < -0.4 is 0 Å². The van der Waals surface area contributed by atoms with Gasteiger partial charge in [0.1, 0.15) is 0 Å². The van der Waals surface area contributed by atoms with Crippen molar-refractivity contribution >= 4 is 54.5 Å². The quantitative estimate of drug-likeness (QED) is 0.207. The minimum Gasteiger partial charge on any atom is -0.143 e. The summed E-state index contributed by atoms with van der Waals surface area (Å²) < 4.78 is 2.27. The van der Waals surface area contributed by atoms with Crippen LogP contribution in [-0.4, -0.2) is 0 Å². The van der Waals surface area contributed by atoms with Gasteiger partial charge in [-0.3, -0.25) is 0 Å². The van der Waals surface area contributed by atoms with Gasteiger partial charge in [-0.25, -0.2) is 0 Å². The van der Waals surface area contributed by atoms with Crippen LogP contribution in [-0.2, 0) is 5.41 Å². The van der Waals surface area contributed by atoms with Crippen LogP contribution in [0.1, 0.15) is 22.3 Å². The first-order valence-electron chi connectivity index (χ1n) is 7.98. The van der Waals surface area contributed by atoms with Crippen molar-refractivity contribution in [3.05, 3.63) is 90.5 Å². The molecule has 2 heterocycles. The van der Waals surface area contributed by atoms with E-state index in [0.29, 0.717) is 0 Å². The number of benzene rings is 2. The number of hydrogen-bond acceptors (Lipinski definition) is 2. The van der Waals surface area contributed by atoms with Gasteiger partial charge < -0.3 is 0 Å².